The van der Waals surface area contributed by atoms with Crippen molar-refractivity contribution in [2.24, 2.45) is 5.92 Å². The molecule has 0 saturated heterocycles. The number of nitrogens with zero attached hydrogens (tertiary/aromatic N) is 1. The molecule has 20 heavy (non-hydrogen) atoms. The third-order valence-corrected chi connectivity index (χ3v) is 4.24. The highest BCUT2D eigenvalue weighted by Gasteiger charge is 2.25. The van der Waals surface area contributed by atoms with Crippen LogP contribution in [-0.2, 0) is 6.54 Å². The minimum Gasteiger partial charge on any atom is -0.369 e. The first-order chi connectivity index (χ1) is 9.61. The Balaban J connectivity index is 2.05. The number of hydrogen-bond acceptors (Lipinski definition) is 2. The predicted molar refractivity (Wildman–Crippen MR) is 88.7 cm³/mol. The summed E-state index contributed by atoms with van der Waals surface area (Å²) in [6, 6.07) is 7.04. The Kier molecular flexibility index (Phi) is 5.74. The quantitative estimate of drug-likeness (QED) is 0.712. The van der Waals surface area contributed by atoms with Gasteiger partial charge in [-0.3, -0.25) is 0 Å². The Morgan fingerprint density at radius 2 is 2.10 bits per heavy atom. The lowest BCUT2D eigenvalue weighted by molar-refractivity contribution is 0.644. The van der Waals surface area contributed by atoms with E-state index in [0.717, 1.165) is 30.5 Å². The topological polar surface area (TPSA) is 15.3 Å². The van der Waals surface area contributed by atoms with Gasteiger partial charge in [-0.1, -0.05) is 24.6 Å². The Morgan fingerprint density at radius 1 is 1.35 bits per heavy atom. The summed E-state index contributed by atoms with van der Waals surface area (Å²) in [4.78, 5) is 2.48. The van der Waals surface area contributed by atoms with Crippen molar-refractivity contribution in [1.29, 1.82) is 0 Å². The number of halogens is 1. The van der Waals surface area contributed by atoms with E-state index in [1.54, 1.807) is 0 Å². The maximum Gasteiger partial charge on any atom is 0.0471 e. The van der Waals surface area contributed by atoms with Gasteiger partial charge in [0.1, 0.15) is 0 Å². The van der Waals surface area contributed by atoms with Crippen LogP contribution in [0.4, 0.5) is 5.69 Å². The Morgan fingerprint density at radius 3 is 2.65 bits per heavy atom. The zero-order valence-corrected chi connectivity index (χ0v) is 13.7. The average molecular weight is 295 g/mol. The molecule has 1 aliphatic rings. The molecule has 1 aromatic rings. The molecule has 112 valence electrons. The normalized spacial score (nSPS) is 14.8. The molecule has 1 aromatic carbocycles. The van der Waals surface area contributed by atoms with Crippen LogP contribution in [0.5, 0.6) is 0 Å². The molecular formula is C17H27ClN2. The zero-order valence-electron chi connectivity index (χ0n) is 13.0. The SMILES string of the molecule is CCCNCc1ccc(N(CC2CC2)C(C)C)cc1Cl. The summed E-state index contributed by atoms with van der Waals surface area (Å²) in [7, 11) is 0. The van der Waals surface area contributed by atoms with Crippen LogP contribution in [0.2, 0.25) is 5.02 Å². The maximum atomic E-state index is 6.44. The van der Waals surface area contributed by atoms with Crippen molar-refractivity contribution >= 4 is 17.3 Å². The molecular weight excluding hydrogens is 268 g/mol. The maximum absolute atomic E-state index is 6.44. The van der Waals surface area contributed by atoms with E-state index in [4.69, 9.17) is 11.6 Å². The van der Waals surface area contributed by atoms with E-state index in [0.29, 0.717) is 6.04 Å². The molecule has 0 aromatic heterocycles. The van der Waals surface area contributed by atoms with Crippen molar-refractivity contribution in [2.75, 3.05) is 18.0 Å². The molecule has 1 aliphatic carbocycles. The highest BCUT2D eigenvalue weighted by molar-refractivity contribution is 6.31. The summed E-state index contributed by atoms with van der Waals surface area (Å²) in [6.45, 7) is 9.76. The van der Waals surface area contributed by atoms with E-state index in [9.17, 15) is 0 Å². The number of rotatable bonds is 8. The molecule has 1 saturated carbocycles. The van der Waals surface area contributed by atoms with Crippen molar-refractivity contribution in [2.45, 2.75) is 52.6 Å². The molecule has 0 unspecified atom stereocenters. The molecule has 2 rings (SSSR count). The van der Waals surface area contributed by atoms with Gasteiger partial charge in [0.05, 0.1) is 0 Å². The molecule has 1 N–H and O–H groups in total. The summed E-state index contributed by atoms with van der Waals surface area (Å²) in [5.41, 5.74) is 2.45. The van der Waals surface area contributed by atoms with Gasteiger partial charge in [-0.15, -0.1) is 0 Å². The Labute approximate surface area is 128 Å². The van der Waals surface area contributed by atoms with Gasteiger partial charge in [0.2, 0.25) is 0 Å². The monoisotopic (exact) mass is 294 g/mol. The zero-order chi connectivity index (χ0) is 14.5. The lowest BCUT2D eigenvalue weighted by Crippen LogP contribution is -2.32. The molecule has 0 heterocycles. The fraction of sp³-hybridized carbons (Fsp3) is 0.647. The van der Waals surface area contributed by atoms with Crippen LogP contribution in [-0.4, -0.2) is 19.1 Å². The van der Waals surface area contributed by atoms with Gasteiger partial charge in [-0.05, 0) is 63.3 Å². The van der Waals surface area contributed by atoms with E-state index in [2.05, 4.69) is 49.2 Å². The summed E-state index contributed by atoms with van der Waals surface area (Å²) >= 11 is 6.44. The number of nitrogens with one attached hydrogen (secondary N) is 1. The highest BCUT2D eigenvalue weighted by Crippen LogP contribution is 2.33. The fourth-order valence-corrected chi connectivity index (χ4v) is 2.69. The first-order valence-electron chi connectivity index (χ1n) is 7.87. The van der Waals surface area contributed by atoms with E-state index < -0.39 is 0 Å². The summed E-state index contributed by atoms with van der Waals surface area (Å²) in [6.07, 6.45) is 3.92. The average Bonchev–Trinajstić information content (AvgIpc) is 3.22. The summed E-state index contributed by atoms with van der Waals surface area (Å²) in [5, 5.41) is 4.29. The minimum absolute atomic E-state index is 0.524. The largest absolute Gasteiger partial charge is 0.369 e. The van der Waals surface area contributed by atoms with Gasteiger partial charge in [-0.25, -0.2) is 0 Å². The van der Waals surface area contributed by atoms with Crippen LogP contribution < -0.4 is 10.2 Å². The van der Waals surface area contributed by atoms with Crippen molar-refractivity contribution in [3.63, 3.8) is 0 Å². The molecule has 3 heteroatoms. The van der Waals surface area contributed by atoms with Gasteiger partial charge < -0.3 is 10.2 Å². The first-order valence-corrected chi connectivity index (χ1v) is 8.25. The molecule has 0 atom stereocenters. The molecule has 0 amide bonds. The van der Waals surface area contributed by atoms with Crippen LogP contribution in [0.1, 0.15) is 45.6 Å². The van der Waals surface area contributed by atoms with Crippen molar-refractivity contribution < 1.29 is 0 Å². The second kappa shape index (κ2) is 7.33. The Hall–Kier alpha value is -0.730. The lowest BCUT2D eigenvalue weighted by atomic mass is 10.1. The van der Waals surface area contributed by atoms with Gasteiger partial charge in [0.25, 0.3) is 0 Å². The Bertz CT molecular complexity index is 427. The highest BCUT2D eigenvalue weighted by atomic mass is 35.5. The molecule has 0 bridgehead atoms. The van der Waals surface area contributed by atoms with E-state index in [1.165, 1.54) is 30.6 Å². The van der Waals surface area contributed by atoms with Crippen LogP contribution in [0.25, 0.3) is 0 Å². The van der Waals surface area contributed by atoms with E-state index >= 15 is 0 Å². The fourth-order valence-electron chi connectivity index (χ4n) is 2.45. The van der Waals surface area contributed by atoms with Gasteiger partial charge in [0, 0.05) is 29.8 Å². The number of anilines is 1. The third-order valence-electron chi connectivity index (χ3n) is 3.89. The summed E-state index contributed by atoms with van der Waals surface area (Å²) in [5.74, 6) is 0.891. The summed E-state index contributed by atoms with van der Waals surface area (Å²) < 4.78 is 0. The molecule has 0 aliphatic heterocycles. The smallest absolute Gasteiger partial charge is 0.0471 e. The second-order valence-electron chi connectivity index (χ2n) is 6.14. The van der Waals surface area contributed by atoms with Crippen molar-refractivity contribution in [3.05, 3.63) is 28.8 Å². The van der Waals surface area contributed by atoms with Crippen LogP contribution in [0, 0.1) is 5.92 Å². The lowest BCUT2D eigenvalue weighted by Gasteiger charge is -2.29. The molecule has 1 fully saturated rings. The van der Waals surface area contributed by atoms with Crippen molar-refractivity contribution in [1.82, 2.24) is 5.32 Å². The number of hydrogen-bond donors (Lipinski definition) is 1. The van der Waals surface area contributed by atoms with E-state index in [1.807, 2.05) is 0 Å². The molecule has 0 radical (unpaired) electrons. The first kappa shape index (κ1) is 15.7. The van der Waals surface area contributed by atoms with Crippen LogP contribution >= 0.6 is 11.6 Å². The number of benzene rings is 1. The van der Waals surface area contributed by atoms with Gasteiger partial charge in [-0.2, -0.15) is 0 Å². The third kappa shape index (κ3) is 4.39. The molecule has 2 nitrogen and oxygen atoms in total. The minimum atomic E-state index is 0.524. The standard InChI is InChI=1S/C17H27ClN2/c1-4-9-19-11-15-7-8-16(10-17(15)18)20(13(2)3)12-14-5-6-14/h7-8,10,13-14,19H,4-6,9,11-12H2,1-3H3. The van der Waals surface area contributed by atoms with E-state index in [-0.39, 0.29) is 0 Å². The van der Waals surface area contributed by atoms with Crippen molar-refractivity contribution in [3.8, 4) is 0 Å². The molecule has 0 spiro atoms. The van der Waals surface area contributed by atoms with Crippen LogP contribution in [0.15, 0.2) is 18.2 Å². The van der Waals surface area contributed by atoms with Gasteiger partial charge in [0.15, 0.2) is 0 Å². The predicted octanol–water partition coefficient (Wildman–Crippen LogP) is 4.46. The van der Waals surface area contributed by atoms with Crippen LogP contribution in [0.3, 0.4) is 0 Å². The van der Waals surface area contributed by atoms with Gasteiger partial charge >= 0.3 is 0 Å². The second-order valence-corrected chi connectivity index (χ2v) is 6.55.